The molecule has 0 aliphatic carbocycles. The van der Waals surface area contributed by atoms with E-state index in [0.717, 1.165) is 18.6 Å². The Balaban J connectivity index is 2.14. The molecule has 0 radical (unpaired) electrons. The molecule has 0 saturated carbocycles. The number of amides is 1. The lowest BCUT2D eigenvalue weighted by molar-refractivity contribution is 0.0939. The highest BCUT2D eigenvalue weighted by Gasteiger charge is 2.16. The first kappa shape index (κ1) is 19.7. The van der Waals surface area contributed by atoms with Gasteiger partial charge in [-0.05, 0) is 56.2 Å². The summed E-state index contributed by atoms with van der Waals surface area (Å²) in [6.45, 7) is 6.55. The van der Waals surface area contributed by atoms with Crippen LogP contribution in [0.3, 0.4) is 0 Å². The SMILES string of the molecule is CCCOc1ccc(C(=O)NC(C)c2ccc(F)c(F)c2)cc1OCC. The van der Waals surface area contributed by atoms with Crippen LogP contribution in [-0.2, 0) is 0 Å². The fourth-order valence-corrected chi connectivity index (χ4v) is 2.39. The Morgan fingerprint density at radius 2 is 1.81 bits per heavy atom. The molecule has 2 rings (SSSR count). The zero-order valence-corrected chi connectivity index (χ0v) is 15.1. The normalized spacial score (nSPS) is 11.7. The Hall–Kier alpha value is -2.63. The molecule has 26 heavy (non-hydrogen) atoms. The molecule has 0 heterocycles. The van der Waals surface area contributed by atoms with Gasteiger partial charge in [0, 0.05) is 5.56 Å². The van der Waals surface area contributed by atoms with E-state index in [9.17, 15) is 13.6 Å². The third-order valence-corrected chi connectivity index (χ3v) is 3.76. The first-order chi connectivity index (χ1) is 12.5. The van der Waals surface area contributed by atoms with Gasteiger partial charge >= 0.3 is 0 Å². The van der Waals surface area contributed by atoms with Crippen molar-refractivity contribution in [3.63, 3.8) is 0 Å². The molecule has 2 aromatic carbocycles. The lowest BCUT2D eigenvalue weighted by atomic mass is 10.1. The van der Waals surface area contributed by atoms with Crippen LogP contribution >= 0.6 is 0 Å². The number of rotatable bonds is 8. The number of hydrogen-bond donors (Lipinski definition) is 1. The topological polar surface area (TPSA) is 47.6 Å². The van der Waals surface area contributed by atoms with Gasteiger partial charge in [0.2, 0.25) is 0 Å². The van der Waals surface area contributed by atoms with Gasteiger partial charge in [-0.25, -0.2) is 8.78 Å². The molecule has 0 saturated heterocycles. The molecule has 0 aliphatic rings. The van der Waals surface area contributed by atoms with Gasteiger partial charge in [-0.1, -0.05) is 13.0 Å². The first-order valence-electron chi connectivity index (χ1n) is 8.61. The van der Waals surface area contributed by atoms with Crippen molar-refractivity contribution < 1.29 is 23.0 Å². The van der Waals surface area contributed by atoms with Crippen LogP contribution in [0.5, 0.6) is 11.5 Å². The molecule has 1 unspecified atom stereocenters. The minimum Gasteiger partial charge on any atom is -0.490 e. The molecular weight excluding hydrogens is 340 g/mol. The summed E-state index contributed by atoms with van der Waals surface area (Å²) in [6, 6.07) is 8.02. The van der Waals surface area contributed by atoms with Gasteiger partial charge in [-0.15, -0.1) is 0 Å². The van der Waals surface area contributed by atoms with Gasteiger partial charge in [-0.3, -0.25) is 4.79 Å². The Kier molecular flexibility index (Phi) is 6.95. The van der Waals surface area contributed by atoms with Crippen LogP contribution in [0.2, 0.25) is 0 Å². The minimum absolute atomic E-state index is 0.342. The molecule has 140 valence electrons. The molecule has 6 heteroatoms. The lowest BCUT2D eigenvalue weighted by Crippen LogP contribution is -2.26. The summed E-state index contributed by atoms with van der Waals surface area (Å²) in [5, 5.41) is 2.77. The predicted molar refractivity (Wildman–Crippen MR) is 95.6 cm³/mol. The Morgan fingerprint density at radius 3 is 2.46 bits per heavy atom. The average Bonchev–Trinajstić information content (AvgIpc) is 2.63. The van der Waals surface area contributed by atoms with Gasteiger partial charge in [0.15, 0.2) is 23.1 Å². The van der Waals surface area contributed by atoms with Crippen molar-refractivity contribution in [2.45, 2.75) is 33.2 Å². The molecular formula is C20H23F2NO3. The van der Waals surface area contributed by atoms with Crippen molar-refractivity contribution in [3.05, 3.63) is 59.2 Å². The summed E-state index contributed by atoms with van der Waals surface area (Å²) in [5.41, 5.74) is 0.872. The molecule has 0 fully saturated rings. The number of halogens is 2. The molecule has 1 amide bonds. The fourth-order valence-electron chi connectivity index (χ4n) is 2.39. The van der Waals surface area contributed by atoms with Gasteiger partial charge in [-0.2, -0.15) is 0 Å². The number of benzene rings is 2. The summed E-state index contributed by atoms with van der Waals surface area (Å²) < 4.78 is 37.6. The van der Waals surface area contributed by atoms with E-state index in [1.165, 1.54) is 6.07 Å². The Bertz CT molecular complexity index is 765. The summed E-state index contributed by atoms with van der Waals surface area (Å²) in [6.07, 6.45) is 0.861. The van der Waals surface area contributed by atoms with Crippen molar-refractivity contribution in [1.29, 1.82) is 0 Å². The van der Waals surface area contributed by atoms with Crippen molar-refractivity contribution in [3.8, 4) is 11.5 Å². The summed E-state index contributed by atoms with van der Waals surface area (Å²) in [7, 11) is 0. The van der Waals surface area contributed by atoms with E-state index >= 15 is 0 Å². The number of nitrogens with one attached hydrogen (secondary N) is 1. The van der Waals surface area contributed by atoms with Gasteiger partial charge < -0.3 is 14.8 Å². The smallest absolute Gasteiger partial charge is 0.251 e. The number of carbonyl (C=O) groups excluding carboxylic acids is 1. The second-order valence-corrected chi connectivity index (χ2v) is 5.81. The van der Waals surface area contributed by atoms with Crippen LogP contribution < -0.4 is 14.8 Å². The van der Waals surface area contributed by atoms with Crippen molar-refractivity contribution >= 4 is 5.91 Å². The summed E-state index contributed by atoms with van der Waals surface area (Å²) in [4.78, 5) is 12.5. The van der Waals surface area contributed by atoms with E-state index in [2.05, 4.69) is 5.32 Å². The van der Waals surface area contributed by atoms with Gasteiger partial charge in [0.1, 0.15) is 0 Å². The average molecular weight is 363 g/mol. The second kappa shape index (κ2) is 9.17. The van der Waals surface area contributed by atoms with Crippen LogP contribution in [0.15, 0.2) is 36.4 Å². The highest BCUT2D eigenvalue weighted by molar-refractivity contribution is 5.95. The maximum absolute atomic E-state index is 13.4. The van der Waals surface area contributed by atoms with Crippen molar-refractivity contribution in [1.82, 2.24) is 5.32 Å². The lowest BCUT2D eigenvalue weighted by Gasteiger charge is -2.16. The van der Waals surface area contributed by atoms with Crippen LogP contribution in [0.4, 0.5) is 8.78 Å². The largest absolute Gasteiger partial charge is 0.490 e. The van der Waals surface area contributed by atoms with Crippen LogP contribution in [0, 0.1) is 11.6 Å². The van der Waals surface area contributed by atoms with Crippen molar-refractivity contribution in [2.24, 2.45) is 0 Å². The van der Waals surface area contributed by atoms with Crippen LogP contribution in [0.1, 0.15) is 49.2 Å². The Morgan fingerprint density at radius 1 is 1.04 bits per heavy atom. The zero-order valence-electron chi connectivity index (χ0n) is 15.1. The summed E-state index contributed by atoms with van der Waals surface area (Å²) in [5.74, 6) is -1.13. The van der Waals surface area contributed by atoms with E-state index in [1.807, 2.05) is 13.8 Å². The quantitative estimate of drug-likeness (QED) is 0.743. The van der Waals surface area contributed by atoms with Gasteiger partial charge in [0.25, 0.3) is 5.91 Å². The maximum Gasteiger partial charge on any atom is 0.251 e. The molecule has 4 nitrogen and oxygen atoms in total. The molecule has 1 atom stereocenters. The number of carbonyl (C=O) groups is 1. The molecule has 0 spiro atoms. The summed E-state index contributed by atoms with van der Waals surface area (Å²) >= 11 is 0. The molecule has 0 bridgehead atoms. The molecule has 1 N–H and O–H groups in total. The third-order valence-electron chi connectivity index (χ3n) is 3.76. The monoisotopic (exact) mass is 363 g/mol. The number of ether oxygens (including phenoxy) is 2. The predicted octanol–water partition coefficient (Wildman–Crippen LogP) is 4.64. The third kappa shape index (κ3) is 4.94. The second-order valence-electron chi connectivity index (χ2n) is 5.81. The molecule has 0 aromatic heterocycles. The fraction of sp³-hybridized carbons (Fsp3) is 0.350. The maximum atomic E-state index is 13.4. The molecule has 0 aliphatic heterocycles. The van der Waals surface area contributed by atoms with Gasteiger partial charge in [0.05, 0.1) is 19.3 Å². The minimum atomic E-state index is -0.945. The molecule has 2 aromatic rings. The van der Waals surface area contributed by atoms with Crippen LogP contribution in [-0.4, -0.2) is 19.1 Å². The van der Waals surface area contributed by atoms with Crippen LogP contribution in [0.25, 0.3) is 0 Å². The Labute approximate surface area is 152 Å². The van der Waals surface area contributed by atoms with E-state index in [-0.39, 0.29) is 5.91 Å². The van der Waals surface area contributed by atoms with E-state index in [4.69, 9.17) is 9.47 Å². The van der Waals surface area contributed by atoms with E-state index in [0.29, 0.717) is 35.8 Å². The van der Waals surface area contributed by atoms with Crippen molar-refractivity contribution in [2.75, 3.05) is 13.2 Å². The first-order valence-corrected chi connectivity index (χ1v) is 8.61. The van der Waals surface area contributed by atoms with E-state index in [1.54, 1.807) is 25.1 Å². The zero-order chi connectivity index (χ0) is 19.1. The highest BCUT2D eigenvalue weighted by atomic mass is 19.2. The standard InChI is InChI=1S/C20H23F2NO3/c1-4-10-26-18-9-7-15(12-19(18)25-5-2)20(24)23-13(3)14-6-8-16(21)17(22)11-14/h6-9,11-13H,4-5,10H2,1-3H3,(H,23,24). The number of hydrogen-bond acceptors (Lipinski definition) is 3. The van der Waals surface area contributed by atoms with E-state index < -0.39 is 17.7 Å². The highest BCUT2D eigenvalue weighted by Crippen LogP contribution is 2.29.